The van der Waals surface area contributed by atoms with Crippen LogP contribution < -0.4 is 0 Å². The largest absolute Gasteiger partial charge is 0.226 e. The summed E-state index contributed by atoms with van der Waals surface area (Å²) in [5, 5.41) is 0.232. The summed E-state index contributed by atoms with van der Waals surface area (Å²) in [6.07, 6.45) is 15.3. The highest BCUT2D eigenvalue weighted by Crippen LogP contribution is 2.39. The molecule has 2 aromatic carbocycles. The van der Waals surface area contributed by atoms with Crippen LogP contribution in [0.4, 0.5) is 0 Å². The summed E-state index contributed by atoms with van der Waals surface area (Å²) in [4.78, 5) is 13.7. The van der Waals surface area contributed by atoms with Crippen molar-refractivity contribution >= 4 is 17.2 Å². The Balaban J connectivity index is 1.56. The number of hydrogen-bond acceptors (Lipinski definition) is 3. The van der Waals surface area contributed by atoms with Gasteiger partial charge in [-0.1, -0.05) is 103 Å². The molecule has 2 aliphatic carbocycles. The second-order valence-electron chi connectivity index (χ2n) is 7.83. The molecule has 0 saturated heterocycles. The van der Waals surface area contributed by atoms with Crippen molar-refractivity contribution in [3.8, 4) is 11.4 Å². The van der Waals surface area contributed by atoms with Gasteiger partial charge in [-0.3, -0.25) is 0 Å². The highest BCUT2D eigenvalue weighted by atomic mass is 35.5. The summed E-state index contributed by atoms with van der Waals surface area (Å²) in [5.74, 6) is 1.76. The Bertz CT molecular complexity index is 1190. The van der Waals surface area contributed by atoms with Crippen molar-refractivity contribution < 1.29 is 0 Å². The second kappa shape index (κ2) is 8.83. The standard InChI is InChI=1S/C27H22ClN3/c28-27-30-25(21-14-8-3-9-15-21)29-26(31-27)24-17-22(19-10-4-1-5-11-19)16-23(18-24)20-12-6-2-7-13-20/h1-12,14-17,20,24H,13,18H2. The highest BCUT2D eigenvalue weighted by Gasteiger charge is 2.25. The lowest BCUT2D eigenvalue weighted by atomic mass is 9.79. The predicted octanol–water partition coefficient (Wildman–Crippen LogP) is 6.82. The van der Waals surface area contributed by atoms with Crippen LogP contribution >= 0.6 is 11.6 Å². The molecule has 1 heterocycles. The van der Waals surface area contributed by atoms with E-state index in [2.05, 4.69) is 70.7 Å². The van der Waals surface area contributed by atoms with Crippen LogP contribution in [-0.4, -0.2) is 15.0 Å². The van der Waals surface area contributed by atoms with E-state index in [-0.39, 0.29) is 11.2 Å². The van der Waals surface area contributed by atoms with Crippen molar-refractivity contribution in [2.24, 2.45) is 5.92 Å². The van der Waals surface area contributed by atoms with Gasteiger partial charge < -0.3 is 0 Å². The minimum Gasteiger partial charge on any atom is -0.212 e. The molecule has 3 nitrogen and oxygen atoms in total. The molecule has 5 rings (SSSR count). The van der Waals surface area contributed by atoms with Gasteiger partial charge in [-0.25, -0.2) is 9.97 Å². The Labute approximate surface area is 187 Å². The van der Waals surface area contributed by atoms with Crippen LogP contribution in [-0.2, 0) is 0 Å². The summed E-state index contributed by atoms with van der Waals surface area (Å²) in [6.45, 7) is 0. The molecule has 0 radical (unpaired) electrons. The lowest BCUT2D eigenvalue weighted by Gasteiger charge is -2.26. The van der Waals surface area contributed by atoms with Gasteiger partial charge in [0.15, 0.2) is 5.82 Å². The van der Waals surface area contributed by atoms with E-state index in [9.17, 15) is 0 Å². The Morgan fingerprint density at radius 1 is 0.774 bits per heavy atom. The van der Waals surface area contributed by atoms with Crippen molar-refractivity contribution in [1.82, 2.24) is 15.0 Å². The number of benzene rings is 2. The first kappa shape index (κ1) is 19.7. The van der Waals surface area contributed by atoms with E-state index in [1.807, 2.05) is 36.4 Å². The van der Waals surface area contributed by atoms with Gasteiger partial charge in [0.1, 0.15) is 5.82 Å². The first-order chi connectivity index (χ1) is 15.3. The lowest BCUT2D eigenvalue weighted by molar-refractivity contribution is 0.655. The summed E-state index contributed by atoms with van der Waals surface area (Å²) in [5.41, 5.74) is 4.73. The predicted molar refractivity (Wildman–Crippen MR) is 127 cm³/mol. The summed E-state index contributed by atoms with van der Waals surface area (Å²) in [6, 6.07) is 20.4. The van der Waals surface area contributed by atoms with Crippen molar-refractivity contribution in [3.05, 3.63) is 119 Å². The van der Waals surface area contributed by atoms with E-state index >= 15 is 0 Å². The van der Waals surface area contributed by atoms with E-state index in [1.165, 1.54) is 16.7 Å². The maximum absolute atomic E-state index is 6.34. The third-order valence-electron chi connectivity index (χ3n) is 5.73. The van der Waals surface area contributed by atoms with Crippen LogP contribution in [0, 0.1) is 5.92 Å². The molecule has 0 spiro atoms. The van der Waals surface area contributed by atoms with E-state index in [1.54, 1.807) is 0 Å². The third-order valence-corrected chi connectivity index (χ3v) is 5.90. The third kappa shape index (κ3) is 4.42. The zero-order chi connectivity index (χ0) is 21.0. The fourth-order valence-electron chi connectivity index (χ4n) is 4.17. The number of allylic oxidation sites excluding steroid dienone is 8. The van der Waals surface area contributed by atoms with Crippen molar-refractivity contribution in [2.45, 2.75) is 18.8 Å². The number of rotatable bonds is 4. The Morgan fingerprint density at radius 2 is 1.52 bits per heavy atom. The summed E-state index contributed by atoms with van der Waals surface area (Å²) < 4.78 is 0. The average Bonchev–Trinajstić information content (AvgIpc) is 2.85. The van der Waals surface area contributed by atoms with Crippen LogP contribution in [0.1, 0.15) is 30.1 Å². The molecule has 2 unspecified atom stereocenters. The first-order valence-electron chi connectivity index (χ1n) is 10.5. The van der Waals surface area contributed by atoms with Crippen LogP contribution in [0.5, 0.6) is 0 Å². The number of hydrogen-bond donors (Lipinski definition) is 0. The molecule has 2 aliphatic rings. The van der Waals surface area contributed by atoms with E-state index in [0.717, 1.165) is 18.4 Å². The van der Waals surface area contributed by atoms with Gasteiger partial charge in [-0.15, -0.1) is 0 Å². The van der Waals surface area contributed by atoms with Crippen molar-refractivity contribution in [3.63, 3.8) is 0 Å². The molecule has 0 fully saturated rings. The van der Waals surface area contributed by atoms with Gasteiger partial charge in [0.2, 0.25) is 5.28 Å². The van der Waals surface area contributed by atoms with Gasteiger partial charge in [0, 0.05) is 17.4 Å². The minimum atomic E-state index is 0.0393. The quantitative estimate of drug-likeness (QED) is 0.462. The topological polar surface area (TPSA) is 38.7 Å². The summed E-state index contributed by atoms with van der Waals surface area (Å²) in [7, 11) is 0. The van der Waals surface area contributed by atoms with Crippen molar-refractivity contribution in [2.75, 3.05) is 0 Å². The Hall–Kier alpha value is -3.30. The maximum Gasteiger partial charge on any atom is 0.226 e. The molecule has 2 atom stereocenters. The number of aromatic nitrogens is 3. The van der Waals surface area contributed by atoms with Crippen molar-refractivity contribution in [1.29, 1.82) is 0 Å². The van der Waals surface area contributed by atoms with Crippen LogP contribution in [0.15, 0.2) is 103 Å². The SMILES string of the molecule is Clc1nc(-c2ccccc2)nc(C2C=C(c3ccccc3)C=C(C3C=CC=CC3)C2)n1. The molecule has 0 bridgehead atoms. The molecule has 31 heavy (non-hydrogen) atoms. The van der Waals surface area contributed by atoms with Gasteiger partial charge in [-0.05, 0) is 35.6 Å². The van der Waals surface area contributed by atoms with E-state index < -0.39 is 0 Å². The molecular weight excluding hydrogens is 402 g/mol. The molecule has 4 heteroatoms. The first-order valence-corrected chi connectivity index (χ1v) is 10.9. The fraction of sp³-hybridized carbons (Fsp3) is 0.148. The second-order valence-corrected chi connectivity index (χ2v) is 8.16. The molecular formula is C27H22ClN3. The Morgan fingerprint density at radius 3 is 2.23 bits per heavy atom. The number of nitrogens with zero attached hydrogens (tertiary/aromatic N) is 3. The molecule has 0 N–H and O–H groups in total. The van der Waals surface area contributed by atoms with E-state index in [0.29, 0.717) is 17.6 Å². The Kier molecular flexibility index (Phi) is 5.59. The lowest BCUT2D eigenvalue weighted by Crippen LogP contribution is -2.13. The van der Waals surface area contributed by atoms with Crippen LogP contribution in [0.3, 0.4) is 0 Å². The van der Waals surface area contributed by atoms with Gasteiger partial charge in [0.25, 0.3) is 0 Å². The normalized spacial score (nSPS) is 20.3. The molecule has 0 aliphatic heterocycles. The summed E-state index contributed by atoms with van der Waals surface area (Å²) >= 11 is 6.34. The van der Waals surface area contributed by atoms with E-state index in [4.69, 9.17) is 16.6 Å². The van der Waals surface area contributed by atoms with Gasteiger partial charge in [0.05, 0.1) is 0 Å². The zero-order valence-electron chi connectivity index (χ0n) is 17.0. The van der Waals surface area contributed by atoms with Crippen LogP contribution in [0.25, 0.3) is 17.0 Å². The minimum absolute atomic E-state index is 0.0393. The number of halogens is 1. The molecule has 152 valence electrons. The average molecular weight is 424 g/mol. The van der Waals surface area contributed by atoms with Gasteiger partial charge in [-0.2, -0.15) is 4.98 Å². The smallest absolute Gasteiger partial charge is 0.212 e. The monoisotopic (exact) mass is 423 g/mol. The highest BCUT2D eigenvalue weighted by molar-refractivity contribution is 6.28. The molecule has 1 aromatic heterocycles. The molecule has 0 amide bonds. The molecule has 3 aromatic rings. The zero-order valence-corrected chi connectivity index (χ0v) is 17.8. The molecule has 0 saturated carbocycles. The van der Waals surface area contributed by atoms with Crippen LogP contribution in [0.2, 0.25) is 5.28 Å². The maximum atomic E-state index is 6.34. The fourth-order valence-corrected chi connectivity index (χ4v) is 4.34. The van der Waals surface area contributed by atoms with Gasteiger partial charge >= 0.3 is 0 Å².